The smallest absolute Gasteiger partial charge is 0.335 e. The van der Waals surface area contributed by atoms with E-state index >= 15 is 0 Å². The van der Waals surface area contributed by atoms with Crippen LogP contribution in [-0.4, -0.2) is 21.0 Å². The molecule has 0 radical (unpaired) electrons. The molecule has 0 fully saturated rings. The molecule has 0 saturated carbocycles. The molecule has 3 aromatic rings. The standard InChI is InChI=1S/C14H7N3O2S/c15-6-8-1-3-11(16-7-8)13-17-10-4-2-9(14(18)19)5-12(10)20-13/h1-5,7H,(H,18,19). The van der Waals surface area contributed by atoms with Gasteiger partial charge in [0.15, 0.2) is 0 Å². The van der Waals surface area contributed by atoms with E-state index in [9.17, 15) is 4.79 Å². The zero-order valence-electron chi connectivity index (χ0n) is 10.1. The topological polar surface area (TPSA) is 86.9 Å². The molecule has 2 heterocycles. The number of aromatic carboxylic acids is 1. The second-order valence-electron chi connectivity index (χ2n) is 4.05. The maximum atomic E-state index is 10.9. The van der Waals surface area contributed by atoms with Crippen LogP contribution in [0.25, 0.3) is 20.9 Å². The van der Waals surface area contributed by atoms with Gasteiger partial charge in [-0.05, 0) is 30.3 Å². The van der Waals surface area contributed by atoms with Crippen molar-refractivity contribution in [2.75, 3.05) is 0 Å². The fourth-order valence-electron chi connectivity index (χ4n) is 1.75. The van der Waals surface area contributed by atoms with Gasteiger partial charge in [-0.3, -0.25) is 4.98 Å². The van der Waals surface area contributed by atoms with Gasteiger partial charge in [-0.25, -0.2) is 9.78 Å². The van der Waals surface area contributed by atoms with Crippen molar-refractivity contribution in [1.82, 2.24) is 9.97 Å². The summed E-state index contributed by atoms with van der Waals surface area (Å²) in [5.74, 6) is -0.960. The van der Waals surface area contributed by atoms with Crippen LogP contribution in [0.5, 0.6) is 0 Å². The first-order valence-electron chi connectivity index (χ1n) is 5.68. The zero-order valence-corrected chi connectivity index (χ0v) is 10.9. The Morgan fingerprint density at radius 1 is 1.30 bits per heavy atom. The van der Waals surface area contributed by atoms with Crippen molar-refractivity contribution in [1.29, 1.82) is 5.26 Å². The van der Waals surface area contributed by atoms with Crippen LogP contribution in [0.1, 0.15) is 15.9 Å². The molecule has 0 saturated heterocycles. The Kier molecular flexibility index (Phi) is 2.89. The fourth-order valence-corrected chi connectivity index (χ4v) is 2.74. The van der Waals surface area contributed by atoms with Crippen molar-refractivity contribution in [2.24, 2.45) is 0 Å². The lowest BCUT2D eigenvalue weighted by Gasteiger charge is -1.93. The SMILES string of the molecule is N#Cc1ccc(-c2nc3ccc(C(=O)O)cc3s2)nc1. The third kappa shape index (κ3) is 2.11. The van der Waals surface area contributed by atoms with E-state index in [0.717, 1.165) is 10.2 Å². The van der Waals surface area contributed by atoms with E-state index in [1.165, 1.54) is 23.6 Å². The molecule has 0 spiro atoms. The third-order valence-corrected chi connectivity index (χ3v) is 3.79. The highest BCUT2D eigenvalue weighted by atomic mass is 32.1. The summed E-state index contributed by atoms with van der Waals surface area (Å²) in [5, 5.41) is 18.4. The number of nitrogens with zero attached hydrogens (tertiary/aromatic N) is 3. The molecule has 0 aliphatic carbocycles. The molecule has 0 atom stereocenters. The quantitative estimate of drug-likeness (QED) is 0.780. The molecule has 0 amide bonds. The number of thiazole rings is 1. The molecule has 0 unspecified atom stereocenters. The van der Waals surface area contributed by atoms with Gasteiger partial charge in [0.1, 0.15) is 11.1 Å². The number of pyridine rings is 1. The monoisotopic (exact) mass is 281 g/mol. The average Bonchev–Trinajstić information content (AvgIpc) is 2.90. The first-order valence-corrected chi connectivity index (χ1v) is 6.49. The van der Waals surface area contributed by atoms with Gasteiger partial charge >= 0.3 is 5.97 Å². The predicted octanol–water partition coefficient (Wildman–Crippen LogP) is 2.93. The minimum atomic E-state index is -0.960. The lowest BCUT2D eigenvalue weighted by atomic mass is 10.2. The van der Waals surface area contributed by atoms with Gasteiger partial charge in [0.2, 0.25) is 0 Å². The molecule has 3 rings (SSSR count). The van der Waals surface area contributed by atoms with Gasteiger partial charge in [-0.1, -0.05) is 0 Å². The second kappa shape index (κ2) is 4.72. The highest BCUT2D eigenvalue weighted by molar-refractivity contribution is 7.21. The Balaban J connectivity index is 2.08. The number of carbonyl (C=O) groups is 1. The number of aromatic nitrogens is 2. The summed E-state index contributed by atoms with van der Waals surface area (Å²) in [7, 11) is 0. The number of benzene rings is 1. The Morgan fingerprint density at radius 3 is 2.80 bits per heavy atom. The molecule has 2 aromatic heterocycles. The maximum absolute atomic E-state index is 10.9. The number of rotatable bonds is 2. The number of hydrogen-bond donors (Lipinski definition) is 1. The minimum absolute atomic E-state index is 0.237. The number of carboxylic acid groups (broad SMARTS) is 1. The molecule has 20 heavy (non-hydrogen) atoms. The minimum Gasteiger partial charge on any atom is -0.478 e. The molecule has 0 aliphatic heterocycles. The number of nitriles is 1. The molecular weight excluding hydrogens is 274 g/mol. The Hall–Kier alpha value is -2.78. The summed E-state index contributed by atoms with van der Waals surface area (Å²) < 4.78 is 0.797. The van der Waals surface area contributed by atoms with Gasteiger partial charge in [-0.2, -0.15) is 5.26 Å². The van der Waals surface area contributed by atoms with Gasteiger partial charge in [0.25, 0.3) is 0 Å². The molecule has 6 heteroatoms. The van der Waals surface area contributed by atoms with E-state index < -0.39 is 5.97 Å². The number of hydrogen-bond acceptors (Lipinski definition) is 5. The summed E-state index contributed by atoms with van der Waals surface area (Å²) in [5.41, 5.74) is 2.13. The zero-order chi connectivity index (χ0) is 14.1. The van der Waals surface area contributed by atoms with E-state index in [1.807, 2.05) is 6.07 Å². The Bertz CT molecular complexity index is 847. The maximum Gasteiger partial charge on any atom is 0.335 e. The van der Waals surface area contributed by atoms with Crippen LogP contribution in [0, 0.1) is 11.3 Å². The largest absolute Gasteiger partial charge is 0.478 e. The predicted molar refractivity (Wildman–Crippen MR) is 74.5 cm³/mol. The van der Waals surface area contributed by atoms with E-state index in [0.29, 0.717) is 16.3 Å². The van der Waals surface area contributed by atoms with E-state index in [-0.39, 0.29) is 5.56 Å². The second-order valence-corrected chi connectivity index (χ2v) is 5.08. The Morgan fingerprint density at radius 2 is 2.15 bits per heavy atom. The van der Waals surface area contributed by atoms with Crippen LogP contribution in [0.2, 0.25) is 0 Å². The molecule has 1 N–H and O–H groups in total. The van der Waals surface area contributed by atoms with Gasteiger partial charge < -0.3 is 5.11 Å². The average molecular weight is 281 g/mol. The van der Waals surface area contributed by atoms with Crippen LogP contribution < -0.4 is 0 Å². The number of fused-ring (bicyclic) bond motifs is 1. The molecule has 5 nitrogen and oxygen atoms in total. The first kappa shape index (κ1) is 12.3. The van der Waals surface area contributed by atoms with Crippen molar-refractivity contribution in [3.8, 4) is 16.8 Å². The van der Waals surface area contributed by atoms with Gasteiger partial charge in [0, 0.05) is 6.20 Å². The Labute approximate surface area is 117 Å². The molecule has 0 aliphatic rings. The van der Waals surface area contributed by atoms with Crippen molar-refractivity contribution >= 4 is 27.5 Å². The van der Waals surface area contributed by atoms with Crippen LogP contribution >= 0.6 is 11.3 Å². The summed E-state index contributed by atoms with van der Waals surface area (Å²) >= 11 is 1.38. The summed E-state index contributed by atoms with van der Waals surface area (Å²) in [6, 6.07) is 10.2. The lowest BCUT2D eigenvalue weighted by Crippen LogP contribution is -1.94. The van der Waals surface area contributed by atoms with Crippen molar-refractivity contribution < 1.29 is 9.90 Å². The van der Waals surface area contributed by atoms with Crippen LogP contribution in [0.4, 0.5) is 0 Å². The summed E-state index contributed by atoms with van der Waals surface area (Å²) in [4.78, 5) is 19.5. The lowest BCUT2D eigenvalue weighted by molar-refractivity contribution is 0.0697. The van der Waals surface area contributed by atoms with Gasteiger partial charge in [0.05, 0.1) is 27.0 Å². The first-order chi connectivity index (χ1) is 9.67. The molecular formula is C14H7N3O2S. The van der Waals surface area contributed by atoms with Gasteiger partial charge in [-0.15, -0.1) is 11.3 Å². The van der Waals surface area contributed by atoms with E-state index in [4.69, 9.17) is 10.4 Å². The van der Waals surface area contributed by atoms with Crippen molar-refractivity contribution in [2.45, 2.75) is 0 Å². The van der Waals surface area contributed by atoms with Crippen LogP contribution in [0.15, 0.2) is 36.5 Å². The molecule has 1 aromatic carbocycles. The molecule has 96 valence electrons. The van der Waals surface area contributed by atoms with Crippen molar-refractivity contribution in [3.05, 3.63) is 47.7 Å². The van der Waals surface area contributed by atoms with Crippen LogP contribution in [0.3, 0.4) is 0 Å². The fraction of sp³-hybridized carbons (Fsp3) is 0. The van der Waals surface area contributed by atoms with E-state index in [1.54, 1.807) is 24.3 Å². The highest BCUT2D eigenvalue weighted by Gasteiger charge is 2.10. The highest BCUT2D eigenvalue weighted by Crippen LogP contribution is 2.29. The summed E-state index contributed by atoms with van der Waals surface area (Å²) in [6.07, 6.45) is 1.49. The van der Waals surface area contributed by atoms with Crippen molar-refractivity contribution in [3.63, 3.8) is 0 Å². The summed E-state index contributed by atoms with van der Waals surface area (Å²) in [6.45, 7) is 0. The number of carboxylic acids is 1. The molecule has 0 bridgehead atoms. The normalized spacial score (nSPS) is 10.3. The van der Waals surface area contributed by atoms with Crippen LogP contribution in [-0.2, 0) is 0 Å². The van der Waals surface area contributed by atoms with E-state index in [2.05, 4.69) is 9.97 Å². The third-order valence-electron chi connectivity index (χ3n) is 2.75.